The molecule has 0 saturated carbocycles. The summed E-state index contributed by atoms with van der Waals surface area (Å²) in [7, 11) is -9.31. The van der Waals surface area contributed by atoms with Crippen LogP contribution >= 0.6 is 0 Å². The fourth-order valence-corrected chi connectivity index (χ4v) is 3.42. The van der Waals surface area contributed by atoms with Crippen molar-refractivity contribution in [3.8, 4) is 0 Å². The Kier molecular flexibility index (Phi) is 6.81. The average Bonchev–Trinajstić information content (AvgIpc) is 2.45. The molecule has 0 fully saturated rings. The molecule has 0 bridgehead atoms. The van der Waals surface area contributed by atoms with E-state index in [9.17, 15) is 25.9 Å². The molecule has 5 N–H and O–H groups in total. The van der Waals surface area contributed by atoms with Gasteiger partial charge in [-0.15, -0.1) is 0 Å². The number of nitrogen functional groups attached to an aromatic ring is 2. The van der Waals surface area contributed by atoms with Crippen LogP contribution in [0.25, 0.3) is 12.2 Å². The maximum atomic E-state index is 11.4. The Hall–Kier alpha value is -1.40. The number of benzene rings is 2. The number of nitrogens with two attached hydrogens (primary N) is 2. The fourth-order valence-electron chi connectivity index (χ4n) is 2.00. The van der Waals surface area contributed by atoms with Crippen molar-refractivity contribution in [3.63, 3.8) is 0 Å². The molecule has 0 aliphatic heterocycles. The van der Waals surface area contributed by atoms with Crippen LogP contribution in [0.2, 0.25) is 0 Å². The second-order valence-electron chi connectivity index (χ2n) is 4.86. The van der Waals surface area contributed by atoms with Crippen molar-refractivity contribution in [1.82, 2.24) is 0 Å². The zero-order chi connectivity index (χ0) is 18.1. The molecule has 0 aromatic heterocycles. The second kappa shape index (κ2) is 7.87. The Morgan fingerprint density at radius 3 is 1.64 bits per heavy atom. The molecular formula is C14H13N2NaO6S2. The first-order chi connectivity index (χ1) is 11.0. The summed E-state index contributed by atoms with van der Waals surface area (Å²) < 4.78 is 65.9. The Morgan fingerprint density at radius 2 is 1.24 bits per heavy atom. The first-order valence-corrected chi connectivity index (χ1v) is 9.24. The van der Waals surface area contributed by atoms with E-state index in [4.69, 9.17) is 11.5 Å². The Labute approximate surface area is 167 Å². The van der Waals surface area contributed by atoms with E-state index in [1.165, 1.54) is 36.4 Å². The van der Waals surface area contributed by atoms with E-state index < -0.39 is 30.0 Å². The minimum absolute atomic E-state index is 0. The second-order valence-corrected chi connectivity index (χ2v) is 7.60. The van der Waals surface area contributed by atoms with Crippen molar-refractivity contribution in [2.75, 3.05) is 11.5 Å². The number of rotatable bonds is 4. The molecule has 2 rings (SSSR count). The van der Waals surface area contributed by atoms with Gasteiger partial charge in [0.05, 0.1) is 4.90 Å². The van der Waals surface area contributed by atoms with E-state index >= 15 is 0 Å². The quantitative estimate of drug-likeness (QED) is 0.237. The molecule has 0 unspecified atom stereocenters. The molecule has 128 valence electrons. The van der Waals surface area contributed by atoms with Gasteiger partial charge in [-0.2, -0.15) is 8.42 Å². The molecule has 0 spiro atoms. The summed E-state index contributed by atoms with van der Waals surface area (Å²) in [6.07, 6.45) is 2.47. The van der Waals surface area contributed by atoms with Gasteiger partial charge >= 0.3 is 29.6 Å². The SMILES string of the molecule is Nc1ccc(/C=C/c2ccc(N)cc2S(=O)(=O)O)c(S(=O)(=O)[O-])c1.[Na+]. The Morgan fingerprint density at radius 1 is 0.840 bits per heavy atom. The number of hydrogen-bond donors (Lipinski definition) is 3. The average molecular weight is 392 g/mol. The predicted octanol–water partition coefficient (Wildman–Crippen LogP) is -1.82. The molecule has 0 atom stereocenters. The van der Waals surface area contributed by atoms with Crippen LogP contribution in [-0.4, -0.2) is 25.9 Å². The summed E-state index contributed by atoms with van der Waals surface area (Å²) in [6.45, 7) is 0. The standard InChI is InChI=1S/C14H14N2O6S2.Na/c15-11-5-3-9(13(7-11)23(17,18)19)1-2-10-4-6-12(16)8-14(10)24(20,21)22;/h1-8H,15-16H2,(H,17,18,19)(H,20,21,22);/q;+1/p-1/b2-1+;. The van der Waals surface area contributed by atoms with Gasteiger partial charge in [0.25, 0.3) is 10.1 Å². The zero-order valence-corrected chi connectivity index (χ0v) is 16.7. The van der Waals surface area contributed by atoms with Gasteiger partial charge in [0, 0.05) is 11.4 Å². The molecule has 11 heteroatoms. The van der Waals surface area contributed by atoms with E-state index in [0.29, 0.717) is 0 Å². The van der Waals surface area contributed by atoms with Crippen LogP contribution in [0, 0.1) is 0 Å². The molecule has 8 nitrogen and oxygen atoms in total. The minimum atomic E-state index is -4.77. The van der Waals surface area contributed by atoms with Gasteiger partial charge in [-0.05, 0) is 35.4 Å². The summed E-state index contributed by atoms with van der Waals surface area (Å²) in [5, 5.41) is 0. The van der Waals surface area contributed by atoms with Crippen LogP contribution in [0.15, 0.2) is 46.2 Å². The van der Waals surface area contributed by atoms with Gasteiger partial charge in [-0.1, -0.05) is 24.3 Å². The van der Waals surface area contributed by atoms with Gasteiger partial charge < -0.3 is 16.0 Å². The van der Waals surface area contributed by atoms with Crippen molar-refractivity contribution in [2.45, 2.75) is 9.79 Å². The third-order valence-corrected chi connectivity index (χ3v) is 4.87. The van der Waals surface area contributed by atoms with Crippen molar-refractivity contribution in [2.24, 2.45) is 0 Å². The summed E-state index contributed by atoms with van der Waals surface area (Å²) in [4.78, 5) is -0.983. The van der Waals surface area contributed by atoms with Gasteiger partial charge in [-0.3, -0.25) is 4.55 Å². The van der Waals surface area contributed by atoms with Crippen molar-refractivity contribution in [3.05, 3.63) is 47.5 Å². The molecule has 0 saturated heterocycles. The van der Waals surface area contributed by atoms with Crippen LogP contribution in [0.5, 0.6) is 0 Å². The third kappa shape index (κ3) is 5.54. The summed E-state index contributed by atoms with van der Waals surface area (Å²) in [5.41, 5.74) is 11.3. The number of hydrogen-bond acceptors (Lipinski definition) is 7. The van der Waals surface area contributed by atoms with E-state index in [1.807, 2.05) is 0 Å². The van der Waals surface area contributed by atoms with Gasteiger partial charge in [0.2, 0.25) is 0 Å². The molecule has 2 aromatic rings. The Bertz CT molecular complexity index is 950. The van der Waals surface area contributed by atoms with Gasteiger partial charge in [-0.25, -0.2) is 8.42 Å². The fraction of sp³-hybridized carbons (Fsp3) is 0. The third-order valence-electron chi connectivity index (χ3n) is 3.06. The predicted molar refractivity (Wildman–Crippen MR) is 88.4 cm³/mol. The maximum Gasteiger partial charge on any atom is 1.00 e. The minimum Gasteiger partial charge on any atom is -0.744 e. The maximum absolute atomic E-state index is 11.4. The molecule has 0 radical (unpaired) electrons. The number of anilines is 2. The van der Waals surface area contributed by atoms with Crippen LogP contribution in [0.1, 0.15) is 11.1 Å². The topological polar surface area (TPSA) is 164 Å². The van der Waals surface area contributed by atoms with Gasteiger partial charge in [0.15, 0.2) is 0 Å². The van der Waals surface area contributed by atoms with Crippen molar-refractivity contribution in [1.29, 1.82) is 0 Å². The molecule has 0 aliphatic rings. The van der Waals surface area contributed by atoms with Crippen LogP contribution in [0.3, 0.4) is 0 Å². The molecule has 25 heavy (non-hydrogen) atoms. The van der Waals surface area contributed by atoms with Crippen molar-refractivity contribution >= 4 is 43.8 Å². The smallest absolute Gasteiger partial charge is 0.744 e. The van der Waals surface area contributed by atoms with E-state index in [0.717, 1.165) is 12.1 Å². The Balaban J connectivity index is 0.00000312. The first-order valence-electron chi connectivity index (χ1n) is 6.39. The monoisotopic (exact) mass is 392 g/mol. The normalized spacial score (nSPS) is 12.1. The zero-order valence-electron chi connectivity index (χ0n) is 13.1. The van der Waals surface area contributed by atoms with Gasteiger partial charge in [0.1, 0.15) is 15.0 Å². The molecule has 0 aliphatic carbocycles. The van der Waals surface area contributed by atoms with Crippen LogP contribution in [0.4, 0.5) is 11.4 Å². The molecule has 0 amide bonds. The van der Waals surface area contributed by atoms with Crippen LogP contribution < -0.4 is 41.0 Å². The van der Waals surface area contributed by atoms with Crippen molar-refractivity contribution < 1.29 is 55.5 Å². The molecular weight excluding hydrogens is 379 g/mol. The largest absolute Gasteiger partial charge is 1.00 e. The summed E-state index contributed by atoms with van der Waals surface area (Å²) in [5.74, 6) is 0. The van der Waals surface area contributed by atoms with E-state index in [2.05, 4.69) is 0 Å². The van der Waals surface area contributed by atoms with E-state index in [1.54, 1.807) is 0 Å². The first kappa shape index (κ1) is 21.6. The summed E-state index contributed by atoms with van der Waals surface area (Å²) in [6, 6.07) is 7.50. The summed E-state index contributed by atoms with van der Waals surface area (Å²) >= 11 is 0. The van der Waals surface area contributed by atoms with Crippen LogP contribution in [-0.2, 0) is 20.2 Å². The molecule has 2 aromatic carbocycles. The molecule has 0 heterocycles. The van der Waals surface area contributed by atoms with E-state index in [-0.39, 0.29) is 52.1 Å².